The van der Waals surface area contributed by atoms with Crippen LogP contribution >= 0.6 is 0 Å². The molecule has 1 fully saturated rings. The number of hydrogen-bond acceptors (Lipinski definition) is 5. The number of nitrogens with one attached hydrogen (secondary N) is 3. The van der Waals surface area contributed by atoms with Gasteiger partial charge in [0.25, 0.3) is 5.56 Å². The van der Waals surface area contributed by atoms with E-state index in [1.54, 1.807) is 18.2 Å². The van der Waals surface area contributed by atoms with Crippen molar-refractivity contribution in [2.45, 2.75) is 12.5 Å². The van der Waals surface area contributed by atoms with Crippen molar-refractivity contribution >= 4 is 16.8 Å². The molecule has 0 radical (unpaired) electrons. The summed E-state index contributed by atoms with van der Waals surface area (Å²) in [5, 5.41) is 6.47. The quantitative estimate of drug-likeness (QED) is 0.712. The molecule has 0 saturated carbocycles. The Bertz CT molecular complexity index is 722. The number of rotatable bonds is 4. The summed E-state index contributed by atoms with van der Waals surface area (Å²) in [6.45, 7) is 2.24. The Kier molecular flexibility index (Phi) is 4.45. The predicted octanol–water partition coefficient (Wildman–Crippen LogP) is -0.430. The Balaban J connectivity index is 1.59. The molecule has 1 aliphatic heterocycles. The first kappa shape index (κ1) is 14.7. The second-order valence-electron chi connectivity index (χ2n) is 5.13. The summed E-state index contributed by atoms with van der Waals surface area (Å²) >= 11 is 0. The lowest BCUT2D eigenvalue weighted by molar-refractivity contribution is -0.134. The maximum absolute atomic E-state index is 11.9. The van der Waals surface area contributed by atoms with Gasteiger partial charge in [0, 0.05) is 26.1 Å². The molecule has 22 heavy (non-hydrogen) atoms. The minimum absolute atomic E-state index is 0.143. The first-order valence-corrected chi connectivity index (χ1v) is 7.32. The fourth-order valence-corrected chi connectivity index (χ4v) is 2.41. The zero-order chi connectivity index (χ0) is 15.4. The van der Waals surface area contributed by atoms with Gasteiger partial charge < -0.3 is 20.4 Å². The van der Waals surface area contributed by atoms with Crippen molar-refractivity contribution in [3.8, 4) is 0 Å². The van der Waals surface area contributed by atoms with E-state index in [9.17, 15) is 9.59 Å². The van der Waals surface area contributed by atoms with Crippen molar-refractivity contribution in [1.29, 1.82) is 0 Å². The fourth-order valence-electron chi connectivity index (χ4n) is 2.41. The van der Waals surface area contributed by atoms with Crippen LogP contribution in [0.5, 0.6) is 0 Å². The lowest BCUT2D eigenvalue weighted by Gasteiger charge is -2.22. The van der Waals surface area contributed by atoms with Crippen molar-refractivity contribution in [3.05, 3.63) is 40.4 Å². The van der Waals surface area contributed by atoms with E-state index in [1.165, 1.54) is 0 Å². The van der Waals surface area contributed by atoms with E-state index in [-0.39, 0.29) is 11.5 Å². The summed E-state index contributed by atoms with van der Waals surface area (Å²) in [6, 6.07) is 7.18. The molecule has 3 N–H and O–H groups in total. The second-order valence-corrected chi connectivity index (χ2v) is 5.13. The number of nitrogens with zero attached hydrogens (tertiary/aromatic N) is 1. The Hall–Kier alpha value is -2.25. The molecule has 7 heteroatoms. The van der Waals surface area contributed by atoms with Gasteiger partial charge in [0.2, 0.25) is 5.91 Å². The molecule has 1 aliphatic rings. The topological polar surface area (TPSA) is 96.1 Å². The van der Waals surface area contributed by atoms with E-state index in [0.29, 0.717) is 42.8 Å². The smallest absolute Gasteiger partial charge is 0.258 e. The standard InChI is InChI=1S/C15H18N4O3/c20-14-10-3-1-2-4-11(10)18-13(19-14)5-6-17-15(21)12-9-16-7-8-22-12/h1-4,12,16H,5-9H2,(H,17,21)(H,18,19,20). The molecule has 7 nitrogen and oxygen atoms in total. The Morgan fingerprint density at radius 2 is 2.27 bits per heavy atom. The molecule has 1 saturated heterocycles. The number of hydrogen-bond donors (Lipinski definition) is 3. The highest BCUT2D eigenvalue weighted by molar-refractivity contribution is 5.81. The molecule has 0 spiro atoms. The van der Waals surface area contributed by atoms with E-state index in [1.807, 2.05) is 6.07 Å². The molecule has 1 unspecified atom stereocenters. The van der Waals surface area contributed by atoms with E-state index in [0.717, 1.165) is 6.54 Å². The summed E-state index contributed by atoms with van der Waals surface area (Å²) in [4.78, 5) is 31.0. The zero-order valence-electron chi connectivity index (χ0n) is 12.1. The monoisotopic (exact) mass is 302 g/mol. The SMILES string of the molecule is O=C(NCCc1nc2ccccc2c(=O)[nH]1)C1CNCCO1. The normalized spacial score (nSPS) is 18.3. The maximum atomic E-state index is 11.9. The molecular weight excluding hydrogens is 284 g/mol. The number of fused-ring (bicyclic) bond motifs is 1. The fraction of sp³-hybridized carbons (Fsp3) is 0.400. The van der Waals surface area contributed by atoms with Crippen molar-refractivity contribution in [2.75, 3.05) is 26.2 Å². The maximum Gasteiger partial charge on any atom is 0.258 e. The lowest BCUT2D eigenvalue weighted by Crippen LogP contribution is -2.48. The zero-order valence-corrected chi connectivity index (χ0v) is 12.1. The number of para-hydroxylation sites is 1. The van der Waals surface area contributed by atoms with Gasteiger partial charge in [0.05, 0.1) is 17.5 Å². The summed E-state index contributed by atoms with van der Waals surface area (Å²) in [5.41, 5.74) is 0.499. The van der Waals surface area contributed by atoms with Crippen LogP contribution in [0.15, 0.2) is 29.1 Å². The molecule has 3 rings (SSSR count). The minimum atomic E-state index is -0.447. The number of carbonyl (C=O) groups is 1. The lowest BCUT2D eigenvalue weighted by atomic mass is 10.2. The van der Waals surface area contributed by atoms with E-state index >= 15 is 0 Å². The largest absolute Gasteiger partial charge is 0.366 e. The Labute approximate surface area is 127 Å². The molecule has 1 amide bonds. The van der Waals surface area contributed by atoms with Crippen LogP contribution in [0, 0.1) is 0 Å². The van der Waals surface area contributed by atoms with Gasteiger partial charge in [-0.1, -0.05) is 12.1 Å². The van der Waals surface area contributed by atoms with E-state index < -0.39 is 6.10 Å². The third-order valence-corrected chi connectivity index (χ3v) is 3.54. The molecule has 2 heterocycles. The molecular formula is C15H18N4O3. The van der Waals surface area contributed by atoms with E-state index in [2.05, 4.69) is 20.6 Å². The molecule has 0 bridgehead atoms. The van der Waals surface area contributed by atoms with Crippen molar-refractivity contribution in [3.63, 3.8) is 0 Å². The van der Waals surface area contributed by atoms with Gasteiger partial charge in [-0.15, -0.1) is 0 Å². The van der Waals surface area contributed by atoms with Crippen LogP contribution in [0.3, 0.4) is 0 Å². The van der Waals surface area contributed by atoms with Gasteiger partial charge >= 0.3 is 0 Å². The van der Waals surface area contributed by atoms with Crippen LogP contribution in [0.2, 0.25) is 0 Å². The highest BCUT2D eigenvalue weighted by Crippen LogP contribution is 2.05. The Morgan fingerprint density at radius 3 is 3.09 bits per heavy atom. The summed E-state index contributed by atoms with van der Waals surface area (Å²) < 4.78 is 5.37. The predicted molar refractivity (Wildman–Crippen MR) is 81.7 cm³/mol. The van der Waals surface area contributed by atoms with Crippen molar-refractivity contribution in [2.24, 2.45) is 0 Å². The summed E-state index contributed by atoms with van der Waals surface area (Å²) in [5.74, 6) is 0.419. The van der Waals surface area contributed by atoms with Crippen LogP contribution in [-0.4, -0.2) is 48.2 Å². The number of morpholine rings is 1. The van der Waals surface area contributed by atoms with Gasteiger partial charge in [-0.05, 0) is 12.1 Å². The number of aromatic amines is 1. The van der Waals surface area contributed by atoms with Crippen LogP contribution in [-0.2, 0) is 16.0 Å². The first-order valence-electron chi connectivity index (χ1n) is 7.32. The minimum Gasteiger partial charge on any atom is -0.366 e. The number of benzene rings is 1. The summed E-state index contributed by atoms with van der Waals surface area (Å²) in [6.07, 6.45) is 0.0174. The van der Waals surface area contributed by atoms with Gasteiger partial charge in [-0.2, -0.15) is 0 Å². The highest BCUT2D eigenvalue weighted by Gasteiger charge is 2.21. The molecule has 2 aromatic rings. The van der Waals surface area contributed by atoms with Crippen LogP contribution in [0.25, 0.3) is 10.9 Å². The number of aromatic nitrogens is 2. The van der Waals surface area contributed by atoms with Crippen molar-refractivity contribution < 1.29 is 9.53 Å². The summed E-state index contributed by atoms with van der Waals surface area (Å²) in [7, 11) is 0. The number of carbonyl (C=O) groups excluding carboxylic acids is 1. The van der Waals surface area contributed by atoms with E-state index in [4.69, 9.17) is 4.74 Å². The second kappa shape index (κ2) is 6.67. The van der Waals surface area contributed by atoms with Gasteiger partial charge in [0.15, 0.2) is 0 Å². The third-order valence-electron chi connectivity index (χ3n) is 3.54. The average Bonchev–Trinajstić information content (AvgIpc) is 2.56. The molecule has 1 atom stereocenters. The number of H-pyrrole nitrogens is 1. The third kappa shape index (κ3) is 3.32. The molecule has 1 aromatic heterocycles. The van der Waals surface area contributed by atoms with Crippen molar-refractivity contribution in [1.82, 2.24) is 20.6 Å². The van der Waals surface area contributed by atoms with Crippen LogP contribution in [0.4, 0.5) is 0 Å². The molecule has 116 valence electrons. The highest BCUT2D eigenvalue weighted by atomic mass is 16.5. The van der Waals surface area contributed by atoms with Crippen LogP contribution < -0.4 is 16.2 Å². The molecule has 0 aliphatic carbocycles. The number of amides is 1. The average molecular weight is 302 g/mol. The number of ether oxygens (including phenoxy) is 1. The Morgan fingerprint density at radius 1 is 1.41 bits per heavy atom. The van der Waals surface area contributed by atoms with Gasteiger partial charge in [-0.3, -0.25) is 9.59 Å². The first-order chi connectivity index (χ1) is 10.7. The van der Waals surface area contributed by atoms with Crippen LogP contribution in [0.1, 0.15) is 5.82 Å². The molecule has 1 aromatic carbocycles. The van der Waals surface area contributed by atoms with Gasteiger partial charge in [-0.25, -0.2) is 4.98 Å². The van der Waals surface area contributed by atoms with Gasteiger partial charge in [0.1, 0.15) is 11.9 Å².